The van der Waals surface area contributed by atoms with E-state index in [1.54, 1.807) is 12.1 Å². The number of nitrogens with one attached hydrogen (secondary N) is 2. The van der Waals surface area contributed by atoms with E-state index in [1.165, 1.54) is 0 Å². The molecule has 176 valence electrons. The SMILES string of the molecule is CCCS(=O)(=O)c1ccc(C(NC(=O)c2c(C)cccc2C)C(C)NCC(C)CC)cc1. The van der Waals surface area contributed by atoms with E-state index in [0.717, 1.165) is 29.7 Å². The summed E-state index contributed by atoms with van der Waals surface area (Å²) in [5, 5.41) is 6.76. The van der Waals surface area contributed by atoms with Gasteiger partial charge < -0.3 is 10.6 Å². The first-order valence-electron chi connectivity index (χ1n) is 11.5. The Balaban J connectivity index is 2.35. The minimum absolute atomic E-state index is 0.0321. The Labute approximate surface area is 193 Å². The molecule has 3 atom stereocenters. The van der Waals surface area contributed by atoms with Gasteiger partial charge >= 0.3 is 0 Å². The highest BCUT2D eigenvalue weighted by atomic mass is 32.2. The van der Waals surface area contributed by atoms with Crippen molar-refractivity contribution in [1.29, 1.82) is 0 Å². The Kier molecular flexibility index (Phi) is 9.47. The van der Waals surface area contributed by atoms with Crippen molar-refractivity contribution in [3.8, 4) is 0 Å². The maximum atomic E-state index is 13.2. The third-order valence-electron chi connectivity index (χ3n) is 6.05. The van der Waals surface area contributed by atoms with Crippen molar-refractivity contribution < 1.29 is 13.2 Å². The number of amides is 1. The van der Waals surface area contributed by atoms with E-state index in [2.05, 4.69) is 31.4 Å². The van der Waals surface area contributed by atoms with E-state index >= 15 is 0 Å². The molecule has 2 aromatic rings. The number of benzene rings is 2. The van der Waals surface area contributed by atoms with Crippen molar-refractivity contribution in [1.82, 2.24) is 10.6 Å². The zero-order valence-electron chi connectivity index (χ0n) is 20.2. The highest BCUT2D eigenvalue weighted by Gasteiger charge is 2.24. The molecule has 0 heterocycles. The van der Waals surface area contributed by atoms with Crippen LogP contribution in [0.25, 0.3) is 0 Å². The van der Waals surface area contributed by atoms with E-state index in [4.69, 9.17) is 0 Å². The predicted molar refractivity (Wildman–Crippen MR) is 132 cm³/mol. The third kappa shape index (κ3) is 6.66. The number of sulfone groups is 1. The third-order valence-corrected chi connectivity index (χ3v) is 7.99. The number of hydrogen-bond donors (Lipinski definition) is 2. The average Bonchev–Trinajstić information content (AvgIpc) is 2.75. The lowest BCUT2D eigenvalue weighted by atomic mass is 9.97. The van der Waals surface area contributed by atoms with Gasteiger partial charge in [0.15, 0.2) is 9.84 Å². The molecule has 0 aliphatic heterocycles. The monoisotopic (exact) mass is 458 g/mol. The van der Waals surface area contributed by atoms with Gasteiger partial charge in [-0.25, -0.2) is 8.42 Å². The molecular weight excluding hydrogens is 420 g/mol. The molecule has 0 aliphatic carbocycles. The van der Waals surface area contributed by atoms with Crippen LogP contribution in [0.15, 0.2) is 47.4 Å². The summed E-state index contributed by atoms with van der Waals surface area (Å²) in [7, 11) is -3.28. The minimum Gasteiger partial charge on any atom is -0.344 e. The second-order valence-electron chi connectivity index (χ2n) is 8.82. The lowest BCUT2D eigenvalue weighted by molar-refractivity contribution is 0.0926. The fourth-order valence-electron chi connectivity index (χ4n) is 3.80. The van der Waals surface area contributed by atoms with Crippen LogP contribution >= 0.6 is 0 Å². The van der Waals surface area contributed by atoms with Crippen molar-refractivity contribution in [3.05, 3.63) is 64.7 Å². The smallest absolute Gasteiger partial charge is 0.252 e. The molecule has 0 spiro atoms. The van der Waals surface area contributed by atoms with E-state index in [-0.39, 0.29) is 23.7 Å². The van der Waals surface area contributed by atoms with E-state index in [0.29, 0.717) is 22.8 Å². The van der Waals surface area contributed by atoms with E-state index in [9.17, 15) is 13.2 Å². The van der Waals surface area contributed by atoms with Gasteiger partial charge in [-0.1, -0.05) is 57.5 Å². The van der Waals surface area contributed by atoms with Crippen molar-refractivity contribution in [2.75, 3.05) is 12.3 Å². The Hall–Kier alpha value is -2.18. The molecule has 0 saturated carbocycles. The Morgan fingerprint density at radius 2 is 1.56 bits per heavy atom. The molecule has 2 N–H and O–H groups in total. The minimum atomic E-state index is -3.28. The maximum Gasteiger partial charge on any atom is 0.252 e. The van der Waals surface area contributed by atoms with Crippen LogP contribution in [-0.4, -0.2) is 32.7 Å². The van der Waals surface area contributed by atoms with Crippen LogP contribution in [-0.2, 0) is 9.84 Å². The molecule has 2 aromatic carbocycles. The normalized spacial score (nSPS) is 14.6. The molecule has 0 bridgehead atoms. The van der Waals surface area contributed by atoms with E-state index in [1.807, 2.05) is 51.1 Å². The van der Waals surface area contributed by atoms with Crippen LogP contribution in [0.4, 0.5) is 0 Å². The lowest BCUT2D eigenvalue weighted by Crippen LogP contribution is -2.43. The Morgan fingerprint density at radius 3 is 2.09 bits per heavy atom. The number of rotatable bonds is 11. The molecule has 0 aromatic heterocycles. The second kappa shape index (κ2) is 11.6. The van der Waals surface area contributed by atoms with Gasteiger partial charge in [-0.15, -0.1) is 0 Å². The van der Waals surface area contributed by atoms with Crippen LogP contribution in [0, 0.1) is 19.8 Å². The van der Waals surface area contributed by atoms with Gasteiger partial charge in [0, 0.05) is 11.6 Å². The van der Waals surface area contributed by atoms with Crippen LogP contribution in [0.5, 0.6) is 0 Å². The second-order valence-corrected chi connectivity index (χ2v) is 10.9. The molecule has 0 radical (unpaired) electrons. The molecule has 0 fully saturated rings. The summed E-state index contributed by atoms with van der Waals surface area (Å²) in [5.41, 5.74) is 3.43. The Bertz CT molecular complexity index is 980. The van der Waals surface area contributed by atoms with Gasteiger partial charge in [0.05, 0.1) is 16.7 Å². The highest BCUT2D eigenvalue weighted by molar-refractivity contribution is 7.91. The van der Waals surface area contributed by atoms with Crippen molar-refractivity contribution >= 4 is 15.7 Å². The van der Waals surface area contributed by atoms with Gasteiger partial charge in [-0.2, -0.15) is 0 Å². The molecule has 6 heteroatoms. The summed E-state index contributed by atoms with van der Waals surface area (Å²) in [6.45, 7) is 13.0. The summed E-state index contributed by atoms with van der Waals surface area (Å²) < 4.78 is 24.8. The van der Waals surface area contributed by atoms with Gasteiger partial charge in [-0.05, 0) is 68.5 Å². The first kappa shape index (κ1) is 26.1. The molecule has 5 nitrogen and oxygen atoms in total. The molecule has 0 saturated heterocycles. The molecule has 2 rings (SSSR count). The number of hydrogen-bond acceptors (Lipinski definition) is 4. The summed E-state index contributed by atoms with van der Waals surface area (Å²) >= 11 is 0. The molecular formula is C26H38N2O3S. The summed E-state index contributed by atoms with van der Waals surface area (Å²) in [6, 6.07) is 12.4. The standard InChI is InChI=1S/C26H38N2O3S/c1-7-16-32(30,31)23-14-12-22(13-15-23)25(21(6)27-17-18(3)8-2)28-26(29)24-19(4)10-9-11-20(24)5/h9-15,18,21,25,27H,7-8,16-17H2,1-6H3,(H,28,29). The summed E-state index contributed by atoms with van der Waals surface area (Å²) in [5.74, 6) is 0.533. The fourth-order valence-corrected chi connectivity index (χ4v) is 5.13. The number of carbonyl (C=O) groups is 1. The summed E-state index contributed by atoms with van der Waals surface area (Å²) in [4.78, 5) is 13.6. The van der Waals surface area contributed by atoms with Gasteiger partial charge in [-0.3, -0.25) is 4.79 Å². The highest BCUT2D eigenvalue weighted by Crippen LogP contribution is 2.23. The number of aryl methyl sites for hydroxylation is 2. The van der Waals surface area contributed by atoms with Crippen molar-refractivity contribution in [3.63, 3.8) is 0 Å². The summed E-state index contributed by atoms with van der Waals surface area (Å²) in [6.07, 6.45) is 1.65. The predicted octanol–water partition coefficient (Wildman–Crippen LogP) is 4.98. The first-order chi connectivity index (χ1) is 15.1. The van der Waals surface area contributed by atoms with Crippen LogP contribution in [0.1, 0.15) is 73.6 Å². The van der Waals surface area contributed by atoms with Crippen molar-refractivity contribution in [2.45, 2.75) is 71.4 Å². The van der Waals surface area contributed by atoms with Gasteiger partial charge in [0.1, 0.15) is 0 Å². The van der Waals surface area contributed by atoms with Gasteiger partial charge in [0.2, 0.25) is 0 Å². The van der Waals surface area contributed by atoms with Crippen LogP contribution in [0.2, 0.25) is 0 Å². The van der Waals surface area contributed by atoms with Crippen molar-refractivity contribution in [2.24, 2.45) is 5.92 Å². The molecule has 1 amide bonds. The molecule has 3 unspecified atom stereocenters. The quantitative estimate of drug-likeness (QED) is 0.498. The maximum absolute atomic E-state index is 13.2. The molecule has 32 heavy (non-hydrogen) atoms. The van der Waals surface area contributed by atoms with Gasteiger partial charge in [0.25, 0.3) is 5.91 Å². The first-order valence-corrected chi connectivity index (χ1v) is 13.2. The fraction of sp³-hybridized carbons (Fsp3) is 0.500. The van der Waals surface area contributed by atoms with Crippen LogP contribution in [0.3, 0.4) is 0 Å². The topological polar surface area (TPSA) is 75.3 Å². The van der Waals surface area contributed by atoms with E-state index < -0.39 is 9.84 Å². The number of carbonyl (C=O) groups excluding carboxylic acids is 1. The zero-order chi connectivity index (χ0) is 23.9. The van der Waals surface area contributed by atoms with Crippen LogP contribution < -0.4 is 10.6 Å². The Morgan fingerprint density at radius 1 is 0.969 bits per heavy atom. The molecule has 0 aliphatic rings. The zero-order valence-corrected chi connectivity index (χ0v) is 21.1. The average molecular weight is 459 g/mol. The lowest BCUT2D eigenvalue weighted by Gasteiger charge is -2.28. The largest absolute Gasteiger partial charge is 0.344 e.